The van der Waals surface area contributed by atoms with Gasteiger partial charge in [-0.05, 0) is 75.4 Å². The number of aromatic nitrogens is 2. The number of thiol groups is 1. The van der Waals surface area contributed by atoms with Gasteiger partial charge in [-0.1, -0.05) is 26.8 Å². The monoisotopic (exact) mass is 583 g/mol. The van der Waals surface area contributed by atoms with E-state index in [0.717, 1.165) is 22.4 Å². The summed E-state index contributed by atoms with van der Waals surface area (Å²) in [5, 5.41) is 8.72. The van der Waals surface area contributed by atoms with Crippen molar-refractivity contribution in [3.8, 4) is 5.75 Å². The predicted octanol–water partition coefficient (Wildman–Crippen LogP) is 4.39. The van der Waals surface area contributed by atoms with Gasteiger partial charge >= 0.3 is 0 Å². The molecule has 2 aromatic carbocycles. The number of ether oxygens (including phenoxy) is 1. The summed E-state index contributed by atoms with van der Waals surface area (Å²) in [6.45, 7) is 16.0. The van der Waals surface area contributed by atoms with Crippen molar-refractivity contribution in [1.82, 2.24) is 9.78 Å². The van der Waals surface area contributed by atoms with Gasteiger partial charge in [0.1, 0.15) is 0 Å². The van der Waals surface area contributed by atoms with Crippen LogP contribution in [-0.2, 0) is 21.8 Å². The first-order valence-corrected chi connectivity index (χ1v) is 14.2. The van der Waals surface area contributed by atoms with E-state index in [2.05, 4.69) is 35.9 Å². The van der Waals surface area contributed by atoms with Crippen molar-refractivity contribution in [3.63, 3.8) is 0 Å². The number of aryl methyl sites for hydroxylation is 1. The van der Waals surface area contributed by atoms with Gasteiger partial charge < -0.3 is 15.8 Å². The molecule has 0 spiro atoms. The zero-order valence-corrected chi connectivity index (χ0v) is 26.0. The van der Waals surface area contributed by atoms with Crippen molar-refractivity contribution >= 4 is 39.6 Å². The lowest BCUT2D eigenvalue weighted by Crippen LogP contribution is -2.27. The number of nitrogens with zero attached hydrogens (tertiary/aromatic N) is 3. The molecule has 3 aromatic rings. The molecule has 222 valence electrons. The van der Waals surface area contributed by atoms with E-state index < -0.39 is 16.8 Å². The van der Waals surface area contributed by atoms with Crippen LogP contribution in [0.1, 0.15) is 74.3 Å². The second-order valence-electron chi connectivity index (χ2n) is 11.9. The van der Waals surface area contributed by atoms with Gasteiger partial charge in [0.05, 0.1) is 41.6 Å². The van der Waals surface area contributed by atoms with Crippen LogP contribution in [0.2, 0.25) is 0 Å². The average Bonchev–Trinajstić information content (AvgIpc) is 3.25. The summed E-state index contributed by atoms with van der Waals surface area (Å²) in [6, 6.07) is 8.59. The number of benzene rings is 2. The lowest BCUT2D eigenvalue weighted by Gasteiger charge is -2.23. The summed E-state index contributed by atoms with van der Waals surface area (Å²) in [5.74, 6) is 6.18. The number of nitrogens with two attached hydrogens (primary N) is 2. The first-order valence-electron chi connectivity index (χ1n) is 13.1. The molecule has 0 saturated heterocycles. The molecule has 0 fully saturated rings. The minimum Gasteiger partial charge on any atom is -0.492 e. The maximum Gasteiger partial charge on any atom is 0.255 e. The second kappa shape index (κ2) is 11.8. The Balaban J connectivity index is 1.97. The largest absolute Gasteiger partial charge is 0.492 e. The summed E-state index contributed by atoms with van der Waals surface area (Å²) >= 11 is 0. The summed E-state index contributed by atoms with van der Waals surface area (Å²) in [7, 11) is -1.55. The lowest BCUT2D eigenvalue weighted by atomic mass is 9.86. The Hall–Kier alpha value is -4.03. The molecule has 0 aliphatic carbocycles. The van der Waals surface area contributed by atoms with Crippen LogP contribution in [0, 0.1) is 13.8 Å². The van der Waals surface area contributed by atoms with Gasteiger partial charge in [0, 0.05) is 23.0 Å². The highest BCUT2D eigenvalue weighted by molar-refractivity contribution is 7.73. The third-order valence-electron chi connectivity index (χ3n) is 6.60. The fraction of sp³-hybridized carbons (Fsp3) is 0.379. The first-order chi connectivity index (χ1) is 18.9. The number of carbonyl (C=O) groups is 1. The van der Waals surface area contributed by atoms with Crippen LogP contribution in [0.4, 0.5) is 17.1 Å². The number of hydrogen-bond acceptors (Lipinski definition) is 8. The molecule has 41 heavy (non-hydrogen) atoms. The molecule has 0 atom stereocenters. The van der Waals surface area contributed by atoms with Crippen LogP contribution in [0.3, 0.4) is 0 Å². The number of carbonyl (C=O) groups excluding carboxylic acids is 1. The number of nitrogens with one attached hydrogen (secondary N) is 2. The highest BCUT2D eigenvalue weighted by Crippen LogP contribution is 2.39. The van der Waals surface area contributed by atoms with Crippen LogP contribution in [0.25, 0.3) is 5.70 Å². The van der Waals surface area contributed by atoms with Crippen LogP contribution in [-0.4, -0.2) is 31.2 Å². The van der Waals surface area contributed by atoms with Gasteiger partial charge in [0.25, 0.3) is 5.91 Å². The van der Waals surface area contributed by atoms with Crippen molar-refractivity contribution in [2.75, 3.05) is 22.2 Å². The Kier molecular flexibility index (Phi) is 9.09. The molecule has 1 amide bonds. The second-order valence-corrected chi connectivity index (χ2v) is 12.6. The number of hydrogen-bond donors (Lipinski definition) is 5. The van der Waals surface area contributed by atoms with E-state index in [-0.39, 0.29) is 22.4 Å². The van der Waals surface area contributed by atoms with Crippen molar-refractivity contribution in [2.45, 2.75) is 66.3 Å². The Morgan fingerprint density at radius 3 is 2.24 bits per heavy atom. The number of hydrazine groups is 1. The molecule has 12 heteroatoms. The SMILES string of the molecule is COc1c(NC(=O)c2ccc(C)c(N(N)/C=C(\N)c3cnn(C(C)(C)C)c3C)c2)cc(C(C)(C)C)cc1N[SH](=O)=O. The molecule has 0 unspecified atom stereocenters. The van der Waals surface area contributed by atoms with Crippen molar-refractivity contribution in [2.24, 2.45) is 11.6 Å². The van der Waals surface area contributed by atoms with Crippen molar-refractivity contribution in [1.29, 1.82) is 0 Å². The molecule has 0 bridgehead atoms. The normalized spacial score (nSPS) is 12.4. The highest BCUT2D eigenvalue weighted by Gasteiger charge is 2.23. The molecule has 11 nitrogen and oxygen atoms in total. The zero-order valence-electron chi connectivity index (χ0n) is 25.1. The van der Waals surface area contributed by atoms with Crippen molar-refractivity contribution in [3.05, 3.63) is 70.7 Å². The van der Waals surface area contributed by atoms with Gasteiger partial charge in [0.2, 0.25) is 10.9 Å². The fourth-order valence-electron chi connectivity index (χ4n) is 4.44. The molecule has 1 aromatic heterocycles. The smallest absolute Gasteiger partial charge is 0.255 e. The average molecular weight is 584 g/mol. The third-order valence-corrected chi connectivity index (χ3v) is 7.03. The van der Waals surface area contributed by atoms with E-state index in [1.807, 2.05) is 39.3 Å². The summed E-state index contributed by atoms with van der Waals surface area (Å²) in [4.78, 5) is 13.4. The number of amides is 1. The first kappa shape index (κ1) is 31.5. The van der Waals surface area contributed by atoms with E-state index in [9.17, 15) is 13.2 Å². The molecule has 1 heterocycles. The van der Waals surface area contributed by atoms with Crippen LogP contribution in [0.15, 0.2) is 42.7 Å². The van der Waals surface area contributed by atoms with Gasteiger partial charge in [-0.25, -0.2) is 14.3 Å². The minimum atomic E-state index is -2.95. The maximum absolute atomic E-state index is 13.4. The van der Waals surface area contributed by atoms with Gasteiger partial charge in [0.15, 0.2) is 5.75 Å². The zero-order chi connectivity index (χ0) is 30.9. The Bertz CT molecular complexity index is 1550. The molecule has 0 saturated carbocycles. The quantitative estimate of drug-likeness (QED) is 0.148. The van der Waals surface area contributed by atoms with Crippen LogP contribution in [0.5, 0.6) is 5.75 Å². The van der Waals surface area contributed by atoms with Gasteiger partial charge in [-0.15, -0.1) is 0 Å². The van der Waals surface area contributed by atoms with Gasteiger partial charge in [-0.2, -0.15) is 5.10 Å². The van der Waals surface area contributed by atoms with E-state index in [0.29, 0.717) is 22.6 Å². The number of methoxy groups -OCH3 is 1. The fourth-order valence-corrected chi connectivity index (χ4v) is 4.80. The molecule has 0 radical (unpaired) electrons. The molecule has 0 aliphatic heterocycles. The highest BCUT2D eigenvalue weighted by atomic mass is 32.2. The summed E-state index contributed by atoms with van der Waals surface area (Å²) in [6.07, 6.45) is 3.31. The van der Waals surface area contributed by atoms with Crippen LogP contribution < -0.4 is 31.4 Å². The number of rotatable bonds is 8. The Morgan fingerprint density at radius 1 is 1.07 bits per heavy atom. The Labute approximate surface area is 243 Å². The molecule has 0 aliphatic rings. The topological polar surface area (TPSA) is 158 Å². The van der Waals surface area contributed by atoms with E-state index in [4.69, 9.17) is 16.3 Å². The molecule has 6 N–H and O–H groups in total. The predicted molar refractivity (Wildman–Crippen MR) is 166 cm³/mol. The lowest BCUT2D eigenvalue weighted by molar-refractivity contribution is 0.102. The summed E-state index contributed by atoms with van der Waals surface area (Å²) < 4.78 is 32.7. The number of anilines is 3. The minimum absolute atomic E-state index is 0.195. The third kappa shape index (κ3) is 7.19. The molecular formula is C29H41N7O4S. The summed E-state index contributed by atoms with van der Waals surface area (Å²) in [5.41, 5.74) is 11.1. The van der Waals surface area contributed by atoms with Gasteiger partial charge in [-0.3, -0.25) is 19.2 Å². The van der Waals surface area contributed by atoms with Crippen LogP contribution >= 0.6 is 0 Å². The molecular weight excluding hydrogens is 542 g/mol. The Morgan fingerprint density at radius 2 is 1.71 bits per heavy atom. The van der Waals surface area contributed by atoms with E-state index in [1.54, 1.807) is 42.7 Å². The van der Waals surface area contributed by atoms with Crippen molar-refractivity contribution < 1.29 is 17.9 Å². The van der Waals surface area contributed by atoms with E-state index >= 15 is 0 Å². The maximum atomic E-state index is 13.4. The molecule has 3 rings (SSSR count). The van der Waals surface area contributed by atoms with E-state index in [1.165, 1.54) is 12.1 Å². The standard InChI is InChI=1S/C29H41N7O4S/c1-17-10-11-19(12-25(17)35(31)16-22(30)21-15-32-36(18(21)2)29(6,7)8)27(37)33-23-13-20(28(3,4)5)14-24(26(23)40-9)34-41(38)39/h10-16,41H,30-31H2,1-9H3,(H,33,37)(H,34,38,39)/b22-16-.